The Bertz CT molecular complexity index is 1160. The summed E-state index contributed by atoms with van der Waals surface area (Å²) < 4.78 is 26.8. The van der Waals surface area contributed by atoms with Crippen molar-refractivity contribution in [2.75, 3.05) is 13.1 Å². The minimum Gasteiger partial charge on any atom is -0.354 e. The first-order valence-corrected chi connectivity index (χ1v) is 14.7. The molecule has 0 spiro atoms. The molecular formula is C29H39N3O4S. The van der Waals surface area contributed by atoms with Crippen molar-refractivity contribution >= 4 is 21.8 Å². The van der Waals surface area contributed by atoms with E-state index in [1.807, 2.05) is 30.3 Å². The molecule has 2 aromatic rings. The van der Waals surface area contributed by atoms with E-state index in [0.717, 1.165) is 30.4 Å². The highest BCUT2D eigenvalue weighted by atomic mass is 32.2. The first kappa shape index (κ1) is 28.6. The van der Waals surface area contributed by atoms with Crippen molar-refractivity contribution in [3.05, 3.63) is 77.4 Å². The zero-order valence-corrected chi connectivity index (χ0v) is 22.7. The van der Waals surface area contributed by atoms with Gasteiger partial charge in [0.25, 0.3) is 0 Å². The smallest absolute Gasteiger partial charge is 0.242 e. The van der Waals surface area contributed by atoms with E-state index in [-0.39, 0.29) is 23.1 Å². The number of aryl methyl sites for hydroxylation is 1. The van der Waals surface area contributed by atoms with Gasteiger partial charge in [0.2, 0.25) is 21.8 Å². The highest BCUT2D eigenvalue weighted by molar-refractivity contribution is 7.89. The number of benzene rings is 2. The molecule has 1 aliphatic rings. The van der Waals surface area contributed by atoms with Crippen LogP contribution < -0.4 is 10.0 Å². The van der Waals surface area contributed by atoms with Gasteiger partial charge in [-0.15, -0.1) is 0 Å². The normalized spacial score (nSPS) is 14.5. The van der Waals surface area contributed by atoms with Crippen LogP contribution in [0.2, 0.25) is 0 Å². The number of hydrogen-bond acceptors (Lipinski definition) is 4. The molecule has 0 bridgehead atoms. The molecule has 0 aromatic heterocycles. The summed E-state index contributed by atoms with van der Waals surface area (Å²) >= 11 is 0. The Morgan fingerprint density at radius 3 is 2.35 bits per heavy atom. The quantitative estimate of drug-likeness (QED) is 0.380. The van der Waals surface area contributed by atoms with Crippen molar-refractivity contribution in [2.24, 2.45) is 0 Å². The van der Waals surface area contributed by atoms with Crippen LogP contribution in [0.25, 0.3) is 0 Å². The van der Waals surface area contributed by atoms with Gasteiger partial charge >= 0.3 is 0 Å². The minimum absolute atomic E-state index is 0.120. The lowest BCUT2D eigenvalue weighted by molar-refractivity contribution is -0.140. The van der Waals surface area contributed by atoms with Crippen molar-refractivity contribution in [3.63, 3.8) is 0 Å². The van der Waals surface area contributed by atoms with Gasteiger partial charge in [0, 0.05) is 26.1 Å². The summed E-state index contributed by atoms with van der Waals surface area (Å²) in [6, 6.07) is 15.6. The molecule has 200 valence electrons. The van der Waals surface area contributed by atoms with Crippen LogP contribution in [0.15, 0.2) is 71.1 Å². The number of carbonyl (C=O) groups is 2. The van der Waals surface area contributed by atoms with E-state index in [4.69, 9.17) is 0 Å². The van der Waals surface area contributed by atoms with Crippen molar-refractivity contribution in [3.8, 4) is 0 Å². The Balaban J connectivity index is 1.62. The van der Waals surface area contributed by atoms with Crippen LogP contribution in [-0.4, -0.2) is 44.3 Å². The Hall–Kier alpha value is -2.97. The maximum atomic E-state index is 13.3. The molecule has 0 aliphatic heterocycles. The van der Waals surface area contributed by atoms with Crippen molar-refractivity contribution < 1.29 is 18.0 Å². The summed E-state index contributed by atoms with van der Waals surface area (Å²) in [6.07, 6.45) is 8.48. The minimum atomic E-state index is -3.52. The van der Waals surface area contributed by atoms with Crippen LogP contribution in [0, 0.1) is 0 Å². The second-order valence-corrected chi connectivity index (χ2v) is 11.2. The standard InChI is InChI=1S/C29H39N3O4S/c1-3-31-37(35,36)27-17-14-25(15-18-27)16-19-28(33)32(22-26-12-8-5-9-13-26)23(2)29(34)30-21-20-24-10-6-4-7-11-24/h5,8-10,12-15,17-18,23,31H,3-4,6-7,11,16,19-22H2,1-2H3,(H,30,34)/t23-/m0/s1. The third-order valence-electron chi connectivity index (χ3n) is 6.69. The highest BCUT2D eigenvalue weighted by Crippen LogP contribution is 2.20. The molecule has 0 radical (unpaired) electrons. The Morgan fingerprint density at radius 2 is 1.70 bits per heavy atom. The topological polar surface area (TPSA) is 95.6 Å². The molecule has 0 unspecified atom stereocenters. The molecule has 8 heteroatoms. The van der Waals surface area contributed by atoms with Gasteiger partial charge in [-0.1, -0.05) is 61.0 Å². The summed E-state index contributed by atoms with van der Waals surface area (Å²) in [6.45, 7) is 4.74. The number of amides is 2. The van der Waals surface area contributed by atoms with Crippen molar-refractivity contribution in [2.45, 2.75) is 76.3 Å². The fourth-order valence-corrected chi connectivity index (χ4v) is 5.53. The largest absolute Gasteiger partial charge is 0.354 e. The van der Waals surface area contributed by atoms with Gasteiger partial charge in [0.05, 0.1) is 4.90 Å². The second-order valence-electron chi connectivity index (χ2n) is 9.48. The molecule has 1 aliphatic carbocycles. The van der Waals surface area contributed by atoms with E-state index in [1.165, 1.54) is 18.4 Å². The number of nitrogens with zero attached hydrogens (tertiary/aromatic N) is 1. The number of carbonyl (C=O) groups excluding carboxylic acids is 2. The van der Waals surface area contributed by atoms with E-state index in [2.05, 4.69) is 16.1 Å². The number of sulfonamides is 1. The van der Waals surface area contributed by atoms with Crippen LogP contribution in [0.1, 0.15) is 63.5 Å². The van der Waals surface area contributed by atoms with E-state index in [0.29, 0.717) is 26.1 Å². The summed E-state index contributed by atoms with van der Waals surface area (Å²) in [5.74, 6) is -0.274. The Labute approximate surface area is 221 Å². The fourth-order valence-electron chi connectivity index (χ4n) is 4.49. The SMILES string of the molecule is CCNS(=O)(=O)c1ccc(CCC(=O)N(Cc2ccccc2)[C@@H](C)C(=O)NCCC2=CCCCC2)cc1. The zero-order valence-electron chi connectivity index (χ0n) is 21.9. The Kier molecular flexibility index (Phi) is 10.9. The molecule has 0 saturated carbocycles. The molecule has 3 rings (SSSR count). The maximum Gasteiger partial charge on any atom is 0.242 e. The molecule has 2 amide bonds. The lowest BCUT2D eigenvalue weighted by atomic mass is 9.97. The summed E-state index contributed by atoms with van der Waals surface area (Å²) in [7, 11) is -3.52. The van der Waals surface area contributed by atoms with Gasteiger partial charge in [-0.05, 0) is 68.7 Å². The van der Waals surface area contributed by atoms with Crippen LogP contribution in [-0.2, 0) is 32.6 Å². The van der Waals surface area contributed by atoms with Crippen LogP contribution in [0.5, 0.6) is 0 Å². The third-order valence-corrected chi connectivity index (χ3v) is 8.25. The Morgan fingerprint density at radius 1 is 0.973 bits per heavy atom. The van der Waals surface area contributed by atoms with E-state index < -0.39 is 16.1 Å². The van der Waals surface area contributed by atoms with Gasteiger partial charge in [0.15, 0.2) is 0 Å². The van der Waals surface area contributed by atoms with Gasteiger partial charge in [-0.2, -0.15) is 0 Å². The number of allylic oxidation sites excluding steroid dienone is 1. The van der Waals surface area contributed by atoms with Crippen LogP contribution >= 0.6 is 0 Å². The van der Waals surface area contributed by atoms with Gasteiger partial charge in [-0.3, -0.25) is 9.59 Å². The van der Waals surface area contributed by atoms with Crippen molar-refractivity contribution in [1.82, 2.24) is 14.9 Å². The van der Waals surface area contributed by atoms with Gasteiger partial charge < -0.3 is 10.2 Å². The number of nitrogens with one attached hydrogen (secondary N) is 2. The molecule has 2 N–H and O–H groups in total. The summed E-state index contributed by atoms with van der Waals surface area (Å²) in [5, 5.41) is 3.02. The van der Waals surface area contributed by atoms with Crippen molar-refractivity contribution in [1.29, 1.82) is 0 Å². The predicted molar refractivity (Wildman–Crippen MR) is 146 cm³/mol. The first-order valence-electron chi connectivity index (χ1n) is 13.2. The fraction of sp³-hybridized carbons (Fsp3) is 0.448. The third kappa shape index (κ3) is 8.83. The lowest BCUT2D eigenvalue weighted by Gasteiger charge is -2.29. The zero-order chi connectivity index (χ0) is 26.7. The van der Waals surface area contributed by atoms with Gasteiger partial charge in [-0.25, -0.2) is 13.1 Å². The number of rotatable bonds is 13. The molecule has 1 atom stereocenters. The number of hydrogen-bond donors (Lipinski definition) is 2. The molecule has 0 saturated heterocycles. The molecule has 0 heterocycles. The first-order chi connectivity index (χ1) is 17.8. The summed E-state index contributed by atoms with van der Waals surface area (Å²) in [4.78, 5) is 28.2. The van der Waals surface area contributed by atoms with E-state index >= 15 is 0 Å². The second kappa shape index (κ2) is 14.1. The summed E-state index contributed by atoms with van der Waals surface area (Å²) in [5.41, 5.74) is 3.22. The molecule has 0 fully saturated rings. The monoisotopic (exact) mass is 525 g/mol. The van der Waals surface area contributed by atoms with Crippen LogP contribution in [0.4, 0.5) is 0 Å². The lowest BCUT2D eigenvalue weighted by Crippen LogP contribution is -2.47. The highest BCUT2D eigenvalue weighted by Gasteiger charge is 2.26. The maximum absolute atomic E-state index is 13.3. The molecular weight excluding hydrogens is 486 g/mol. The van der Waals surface area contributed by atoms with E-state index in [9.17, 15) is 18.0 Å². The average molecular weight is 526 g/mol. The molecule has 7 nitrogen and oxygen atoms in total. The van der Waals surface area contributed by atoms with Gasteiger partial charge in [0.1, 0.15) is 6.04 Å². The van der Waals surface area contributed by atoms with Crippen LogP contribution in [0.3, 0.4) is 0 Å². The molecule has 37 heavy (non-hydrogen) atoms. The molecule has 2 aromatic carbocycles. The average Bonchev–Trinajstić information content (AvgIpc) is 2.91. The van der Waals surface area contributed by atoms with E-state index in [1.54, 1.807) is 43.0 Å². The predicted octanol–water partition coefficient (Wildman–Crippen LogP) is 4.34.